The maximum absolute atomic E-state index is 11.7. The average Bonchev–Trinajstić information content (AvgIpc) is 3.24. The van der Waals surface area contributed by atoms with Crippen molar-refractivity contribution < 1.29 is 18.5 Å². The molecule has 0 aliphatic heterocycles. The summed E-state index contributed by atoms with van der Waals surface area (Å²) in [6, 6.07) is 14.6. The van der Waals surface area contributed by atoms with Crippen LogP contribution < -0.4 is 15.4 Å². The van der Waals surface area contributed by atoms with E-state index in [1.165, 1.54) is 12.3 Å². The van der Waals surface area contributed by atoms with Gasteiger partial charge in [0.15, 0.2) is 5.76 Å². The molecule has 118 valence electrons. The third kappa shape index (κ3) is 4.13. The number of hydrogen-bond donors (Lipinski definition) is 2. The Bertz CT molecular complexity index is 738. The largest absolute Gasteiger partial charge is 0.461 e. The first-order chi connectivity index (χ1) is 11.3. The third-order valence-electron chi connectivity index (χ3n) is 2.95. The topological polar surface area (TPSA) is 89.5 Å². The van der Waals surface area contributed by atoms with Gasteiger partial charge in [-0.25, -0.2) is 4.79 Å². The van der Waals surface area contributed by atoms with Gasteiger partial charge in [-0.3, -0.25) is 0 Å². The summed E-state index contributed by atoms with van der Waals surface area (Å²) in [6.45, 7) is 0.992. The number of furan rings is 1. The van der Waals surface area contributed by atoms with Gasteiger partial charge in [0, 0.05) is 18.8 Å². The zero-order valence-corrected chi connectivity index (χ0v) is 12.2. The Kier molecular flexibility index (Phi) is 4.58. The van der Waals surface area contributed by atoms with Crippen LogP contribution in [-0.2, 0) is 0 Å². The molecular weight excluding hydrogens is 298 g/mol. The van der Waals surface area contributed by atoms with E-state index in [4.69, 9.17) is 13.7 Å². The Morgan fingerprint density at radius 2 is 1.96 bits per heavy atom. The summed E-state index contributed by atoms with van der Waals surface area (Å²) in [4.78, 5) is 11.7. The van der Waals surface area contributed by atoms with E-state index in [2.05, 4.69) is 15.8 Å². The monoisotopic (exact) mass is 313 g/mol. The maximum Gasteiger partial charge on any atom is 0.414 e. The number of hydrogen-bond acceptors (Lipinski definition) is 6. The van der Waals surface area contributed by atoms with E-state index in [9.17, 15) is 4.79 Å². The number of para-hydroxylation sites is 1. The maximum atomic E-state index is 11.7. The number of nitrogens with one attached hydrogen (secondary N) is 2. The number of nitrogens with zero attached hydrogens (tertiary/aromatic N) is 1. The normalized spacial score (nSPS) is 10.3. The molecule has 2 N–H and O–H groups in total. The van der Waals surface area contributed by atoms with E-state index in [1.807, 2.05) is 30.3 Å². The number of amides is 1. The Labute approximate surface area is 132 Å². The minimum atomic E-state index is -0.598. The van der Waals surface area contributed by atoms with Crippen molar-refractivity contribution in [2.24, 2.45) is 0 Å². The quantitative estimate of drug-likeness (QED) is 0.680. The molecule has 23 heavy (non-hydrogen) atoms. The first-order valence-corrected chi connectivity index (χ1v) is 7.06. The fourth-order valence-electron chi connectivity index (χ4n) is 1.90. The van der Waals surface area contributed by atoms with Crippen molar-refractivity contribution in [1.29, 1.82) is 0 Å². The van der Waals surface area contributed by atoms with Crippen LogP contribution in [0.5, 0.6) is 5.88 Å². The lowest BCUT2D eigenvalue weighted by Crippen LogP contribution is -2.31. The number of carbonyl (C=O) groups is 1. The van der Waals surface area contributed by atoms with Gasteiger partial charge in [0.05, 0.1) is 12.3 Å². The van der Waals surface area contributed by atoms with Gasteiger partial charge in [0.1, 0.15) is 0 Å². The average molecular weight is 313 g/mol. The lowest BCUT2D eigenvalue weighted by atomic mass is 10.3. The van der Waals surface area contributed by atoms with Gasteiger partial charge >= 0.3 is 6.09 Å². The second-order valence-electron chi connectivity index (χ2n) is 4.62. The molecule has 7 nitrogen and oxygen atoms in total. The van der Waals surface area contributed by atoms with Crippen molar-refractivity contribution in [2.75, 3.05) is 18.4 Å². The predicted octanol–water partition coefficient (Wildman–Crippen LogP) is 3.14. The van der Waals surface area contributed by atoms with E-state index in [1.54, 1.807) is 12.1 Å². The lowest BCUT2D eigenvalue weighted by Gasteiger charge is -2.07. The first kappa shape index (κ1) is 14.7. The summed E-state index contributed by atoms with van der Waals surface area (Å²) in [5.74, 6) is 0.980. The van der Waals surface area contributed by atoms with Crippen LogP contribution in [0.3, 0.4) is 0 Å². The van der Waals surface area contributed by atoms with E-state index >= 15 is 0 Å². The molecule has 7 heteroatoms. The molecule has 0 unspecified atom stereocenters. The molecule has 0 aliphatic rings. The smallest absolute Gasteiger partial charge is 0.414 e. The summed E-state index contributed by atoms with van der Waals surface area (Å²) in [6.07, 6.45) is 0.921. The molecule has 1 amide bonds. The van der Waals surface area contributed by atoms with Gasteiger partial charge in [-0.15, -0.1) is 0 Å². The van der Waals surface area contributed by atoms with Gasteiger partial charge in [0.2, 0.25) is 5.76 Å². The van der Waals surface area contributed by atoms with Crippen molar-refractivity contribution in [3.63, 3.8) is 0 Å². The molecule has 0 aliphatic carbocycles. The van der Waals surface area contributed by atoms with E-state index in [-0.39, 0.29) is 5.88 Å². The van der Waals surface area contributed by atoms with E-state index in [0.717, 1.165) is 5.69 Å². The number of ether oxygens (including phenoxy) is 1. The summed E-state index contributed by atoms with van der Waals surface area (Å²) in [7, 11) is 0. The van der Waals surface area contributed by atoms with E-state index in [0.29, 0.717) is 24.6 Å². The molecule has 1 aromatic carbocycles. The van der Waals surface area contributed by atoms with Gasteiger partial charge in [-0.1, -0.05) is 18.2 Å². The van der Waals surface area contributed by atoms with Crippen molar-refractivity contribution in [3.8, 4) is 17.4 Å². The van der Waals surface area contributed by atoms with Crippen molar-refractivity contribution in [1.82, 2.24) is 10.5 Å². The highest BCUT2D eigenvalue weighted by molar-refractivity contribution is 5.70. The highest BCUT2D eigenvalue weighted by atomic mass is 16.6. The highest BCUT2D eigenvalue weighted by Gasteiger charge is 2.12. The van der Waals surface area contributed by atoms with Crippen LogP contribution in [0.25, 0.3) is 11.5 Å². The number of anilines is 1. The number of rotatable bonds is 6. The first-order valence-electron chi connectivity index (χ1n) is 7.06. The van der Waals surface area contributed by atoms with Gasteiger partial charge in [-0.2, -0.15) is 0 Å². The molecule has 2 aromatic heterocycles. The Balaban J connectivity index is 1.41. The van der Waals surface area contributed by atoms with Crippen molar-refractivity contribution in [3.05, 3.63) is 54.8 Å². The number of aromatic nitrogens is 1. The van der Waals surface area contributed by atoms with Crippen molar-refractivity contribution in [2.45, 2.75) is 0 Å². The summed E-state index contributed by atoms with van der Waals surface area (Å²) in [5.41, 5.74) is 0.988. The molecule has 0 spiro atoms. The van der Waals surface area contributed by atoms with E-state index < -0.39 is 6.09 Å². The number of benzene rings is 1. The fourth-order valence-corrected chi connectivity index (χ4v) is 1.90. The molecule has 0 fully saturated rings. The molecule has 0 saturated heterocycles. The molecule has 0 radical (unpaired) electrons. The van der Waals surface area contributed by atoms with Gasteiger partial charge in [-0.05, 0) is 29.4 Å². The van der Waals surface area contributed by atoms with Crippen LogP contribution >= 0.6 is 0 Å². The summed E-state index contributed by atoms with van der Waals surface area (Å²) in [5, 5.41) is 9.44. The minimum absolute atomic E-state index is 0.0740. The summed E-state index contributed by atoms with van der Waals surface area (Å²) < 4.78 is 15.2. The standard InChI is InChI=1S/C16H15N3O4/c20-16(18-9-8-17-12-5-2-1-3-6-12)22-15-11-14(23-19-15)13-7-4-10-21-13/h1-7,10-11,17H,8-9H2,(H,18,20). The van der Waals surface area contributed by atoms with Crippen LogP contribution in [0.1, 0.15) is 0 Å². The number of carbonyl (C=O) groups excluding carboxylic acids is 1. The highest BCUT2D eigenvalue weighted by Crippen LogP contribution is 2.23. The fraction of sp³-hybridized carbons (Fsp3) is 0.125. The second-order valence-corrected chi connectivity index (χ2v) is 4.62. The van der Waals surface area contributed by atoms with Crippen molar-refractivity contribution >= 4 is 11.8 Å². The molecule has 0 bridgehead atoms. The molecule has 3 aromatic rings. The van der Waals surface area contributed by atoms with Crippen LogP contribution in [0.2, 0.25) is 0 Å². The Morgan fingerprint density at radius 1 is 1.09 bits per heavy atom. The zero-order valence-electron chi connectivity index (χ0n) is 12.2. The van der Waals surface area contributed by atoms with Crippen LogP contribution in [0.15, 0.2) is 63.7 Å². The molecule has 0 saturated carbocycles. The lowest BCUT2D eigenvalue weighted by molar-refractivity contribution is 0.196. The van der Waals surface area contributed by atoms with Crippen LogP contribution in [-0.4, -0.2) is 24.3 Å². The molecule has 2 heterocycles. The zero-order chi connectivity index (χ0) is 15.9. The molecule has 0 atom stereocenters. The van der Waals surface area contributed by atoms with Crippen LogP contribution in [0.4, 0.5) is 10.5 Å². The molecule has 3 rings (SSSR count). The second kappa shape index (κ2) is 7.17. The Morgan fingerprint density at radius 3 is 2.74 bits per heavy atom. The SMILES string of the molecule is O=C(NCCNc1ccccc1)Oc1cc(-c2ccco2)on1. The predicted molar refractivity (Wildman–Crippen MR) is 83.2 cm³/mol. The van der Waals surface area contributed by atoms with Gasteiger partial charge < -0.3 is 24.3 Å². The molecular formula is C16H15N3O4. The van der Waals surface area contributed by atoms with Gasteiger partial charge in [0.25, 0.3) is 5.88 Å². The minimum Gasteiger partial charge on any atom is -0.461 e. The Hall–Kier alpha value is -3.22. The van der Waals surface area contributed by atoms with Crippen LogP contribution in [0, 0.1) is 0 Å². The summed E-state index contributed by atoms with van der Waals surface area (Å²) >= 11 is 0. The third-order valence-corrected chi connectivity index (χ3v) is 2.95.